The van der Waals surface area contributed by atoms with Gasteiger partial charge in [0.15, 0.2) is 14.9 Å². The molecule has 0 spiro atoms. The van der Waals surface area contributed by atoms with Gasteiger partial charge >= 0.3 is 0 Å². The zero-order valence-electron chi connectivity index (χ0n) is 14.8. The summed E-state index contributed by atoms with van der Waals surface area (Å²) in [5.74, 6) is 0.0501. The summed E-state index contributed by atoms with van der Waals surface area (Å²) in [6.07, 6.45) is 1.72. The highest BCUT2D eigenvalue weighted by molar-refractivity contribution is 7.94. The van der Waals surface area contributed by atoms with Gasteiger partial charge in [-0.15, -0.1) is 0 Å². The molecule has 0 radical (unpaired) electrons. The van der Waals surface area contributed by atoms with Gasteiger partial charge in [0, 0.05) is 17.6 Å². The smallest absolute Gasteiger partial charge is 0.174 e. The van der Waals surface area contributed by atoms with Gasteiger partial charge in [0.2, 0.25) is 0 Å². The van der Waals surface area contributed by atoms with E-state index < -0.39 is 9.84 Å². The number of anilines is 1. The number of sulfone groups is 1. The van der Waals surface area contributed by atoms with E-state index in [0.29, 0.717) is 11.7 Å². The van der Waals surface area contributed by atoms with Crippen LogP contribution < -0.4 is 5.32 Å². The van der Waals surface area contributed by atoms with Gasteiger partial charge in [-0.3, -0.25) is 0 Å². The van der Waals surface area contributed by atoms with Crippen LogP contribution in [-0.4, -0.2) is 30.2 Å². The normalized spacial score (nSPS) is 17.8. The molecule has 0 saturated heterocycles. The first-order chi connectivity index (χ1) is 12.4. The van der Waals surface area contributed by atoms with Crippen molar-refractivity contribution >= 4 is 32.9 Å². The van der Waals surface area contributed by atoms with E-state index in [-0.39, 0.29) is 11.8 Å². The Kier molecular flexibility index (Phi) is 5.44. The molecule has 1 N–H and O–H groups in total. The van der Waals surface area contributed by atoms with Crippen LogP contribution in [0.15, 0.2) is 60.0 Å². The molecule has 6 heteroatoms. The molecule has 0 bridgehead atoms. The summed E-state index contributed by atoms with van der Waals surface area (Å²) < 4.78 is 23.8. The lowest BCUT2D eigenvalue weighted by atomic mass is 10.1. The molecule has 0 unspecified atom stereocenters. The van der Waals surface area contributed by atoms with E-state index in [1.807, 2.05) is 54.3 Å². The van der Waals surface area contributed by atoms with E-state index in [1.54, 1.807) is 6.08 Å². The summed E-state index contributed by atoms with van der Waals surface area (Å²) in [5.41, 5.74) is 4.33. The van der Waals surface area contributed by atoms with Crippen LogP contribution in [0.1, 0.15) is 16.7 Å². The average Bonchev–Trinajstić information content (AvgIpc) is 2.97. The van der Waals surface area contributed by atoms with Crippen molar-refractivity contribution < 1.29 is 8.42 Å². The molecule has 0 amide bonds. The van der Waals surface area contributed by atoms with Crippen LogP contribution in [-0.2, 0) is 16.4 Å². The topological polar surface area (TPSA) is 49.4 Å². The molecular formula is C20H22N2O2S2. The van der Waals surface area contributed by atoms with Gasteiger partial charge in [-0.25, -0.2) is 8.42 Å². The molecule has 2 aromatic rings. The first-order valence-corrected chi connectivity index (χ1v) is 10.6. The number of rotatable bonds is 4. The molecule has 0 fully saturated rings. The fourth-order valence-electron chi connectivity index (χ4n) is 2.95. The highest BCUT2D eigenvalue weighted by Crippen LogP contribution is 2.22. The third-order valence-electron chi connectivity index (χ3n) is 4.61. The molecule has 0 aliphatic carbocycles. The second-order valence-electron chi connectivity index (χ2n) is 6.52. The van der Waals surface area contributed by atoms with E-state index in [4.69, 9.17) is 12.2 Å². The van der Waals surface area contributed by atoms with Crippen LogP contribution in [0.25, 0.3) is 0 Å². The predicted molar refractivity (Wildman–Crippen MR) is 111 cm³/mol. The molecule has 1 aliphatic rings. The van der Waals surface area contributed by atoms with Gasteiger partial charge in [0.25, 0.3) is 0 Å². The summed E-state index contributed by atoms with van der Waals surface area (Å²) in [7, 11) is -3.16. The van der Waals surface area contributed by atoms with E-state index in [9.17, 15) is 8.42 Å². The zero-order valence-corrected chi connectivity index (χ0v) is 16.5. The lowest BCUT2D eigenvalue weighted by Gasteiger charge is -2.31. The molecule has 136 valence electrons. The molecule has 1 heterocycles. The molecular weight excluding hydrogens is 364 g/mol. The van der Waals surface area contributed by atoms with Gasteiger partial charge < -0.3 is 10.2 Å². The predicted octanol–water partition coefficient (Wildman–Crippen LogP) is 3.81. The van der Waals surface area contributed by atoms with Crippen molar-refractivity contribution in [3.8, 4) is 0 Å². The number of hydrogen-bond donors (Lipinski definition) is 1. The fourth-order valence-corrected chi connectivity index (χ4v) is 4.56. The van der Waals surface area contributed by atoms with Crippen molar-refractivity contribution in [2.24, 2.45) is 0 Å². The minimum absolute atomic E-state index is 0.0501. The van der Waals surface area contributed by atoms with Crippen molar-refractivity contribution in [3.05, 3.63) is 76.7 Å². The minimum atomic E-state index is -3.16. The number of nitrogens with zero attached hydrogens (tertiary/aromatic N) is 1. The molecule has 26 heavy (non-hydrogen) atoms. The van der Waals surface area contributed by atoms with Crippen LogP contribution in [0.4, 0.5) is 5.69 Å². The quantitative estimate of drug-likeness (QED) is 0.810. The Balaban J connectivity index is 1.86. The van der Waals surface area contributed by atoms with Crippen LogP contribution in [0.3, 0.4) is 0 Å². The SMILES string of the molecule is Cc1cccc(NC(=S)N(Cc2ccccc2)[C@@H]2C=CS(=O)(=O)C2)c1C. The second kappa shape index (κ2) is 7.60. The molecule has 2 aromatic carbocycles. The van der Waals surface area contributed by atoms with Crippen LogP contribution in [0.2, 0.25) is 0 Å². The molecule has 1 atom stereocenters. The number of benzene rings is 2. The second-order valence-corrected chi connectivity index (χ2v) is 8.83. The fraction of sp³-hybridized carbons (Fsp3) is 0.250. The molecule has 3 rings (SSSR count). The standard InChI is InChI=1S/C20H22N2O2S2/c1-15-7-6-10-19(16(15)2)21-20(25)22(13-17-8-4-3-5-9-17)18-11-12-26(23,24)14-18/h3-12,18H,13-14H2,1-2H3,(H,21,25)/t18-/m1/s1. The van der Waals surface area contributed by atoms with Crippen molar-refractivity contribution in [2.45, 2.75) is 26.4 Å². The maximum Gasteiger partial charge on any atom is 0.174 e. The minimum Gasteiger partial charge on any atom is -0.337 e. The Morgan fingerprint density at radius 3 is 2.54 bits per heavy atom. The largest absolute Gasteiger partial charge is 0.337 e. The zero-order chi connectivity index (χ0) is 18.7. The molecule has 4 nitrogen and oxygen atoms in total. The van der Waals surface area contributed by atoms with E-state index in [0.717, 1.165) is 16.8 Å². The number of aryl methyl sites for hydroxylation is 1. The Morgan fingerprint density at radius 2 is 1.88 bits per heavy atom. The van der Waals surface area contributed by atoms with Crippen LogP contribution in [0, 0.1) is 13.8 Å². The van der Waals surface area contributed by atoms with Crippen molar-refractivity contribution in [1.82, 2.24) is 4.90 Å². The maximum absolute atomic E-state index is 11.9. The van der Waals surface area contributed by atoms with Crippen LogP contribution >= 0.6 is 12.2 Å². The van der Waals surface area contributed by atoms with Gasteiger partial charge in [-0.2, -0.15) is 0 Å². The summed E-state index contributed by atoms with van der Waals surface area (Å²) >= 11 is 5.66. The first kappa shape index (κ1) is 18.6. The Labute approximate surface area is 160 Å². The highest BCUT2D eigenvalue weighted by Gasteiger charge is 2.29. The third kappa shape index (κ3) is 4.31. The Bertz CT molecular complexity index is 938. The highest BCUT2D eigenvalue weighted by atomic mass is 32.2. The Morgan fingerprint density at radius 1 is 1.15 bits per heavy atom. The Hall–Kier alpha value is -2.18. The summed E-state index contributed by atoms with van der Waals surface area (Å²) in [4.78, 5) is 1.94. The third-order valence-corrected chi connectivity index (χ3v) is 6.33. The lowest BCUT2D eigenvalue weighted by Crippen LogP contribution is -2.42. The number of nitrogens with one attached hydrogen (secondary N) is 1. The van der Waals surface area contributed by atoms with Crippen molar-refractivity contribution in [3.63, 3.8) is 0 Å². The van der Waals surface area contributed by atoms with E-state index >= 15 is 0 Å². The molecule has 0 saturated carbocycles. The molecule has 1 aliphatic heterocycles. The van der Waals surface area contributed by atoms with Crippen molar-refractivity contribution in [1.29, 1.82) is 0 Å². The summed E-state index contributed by atoms with van der Waals surface area (Å²) in [5, 5.41) is 5.11. The maximum atomic E-state index is 11.9. The summed E-state index contributed by atoms with van der Waals surface area (Å²) in [6.45, 7) is 4.64. The van der Waals surface area contributed by atoms with Gasteiger partial charge in [-0.1, -0.05) is 42.5 Å². The summed E-state index contributed by atoms with van der Waals surface area (Å²) in [6, 6.07) is 15.7. The first-order valence-electron chi connectivity index (χ1n) is 8.44. The average molecular weight is 387 g/mol. The number of hydrogen-bond acceptors (Lipinski definition) is 3. The van der Waals surface area contributed by atoms with Gasteiger partial charge in [0.1, 0.15) is 0 Å². The van der Waals surface area contributed by atoms with E-state index in [2.05, 4.69) is 18.3 Å². The number of thiocarbonyl (C=S) groups is 1. The molecule has 0 aromatic heterocycles. The monoisotopic (exact) mass is 386 g/mol. The van der Waals surface area contributed by atoms with E-state index in [1.165, 1.54) is 11.0 Å². The van der Waals surface area contributed by atoms with Crippen molar-refractivity contribution in [2.75, 3.05) is 11.1 Å². The van der Waals surface area contributed by atoms with Gasteiger partial charge in [-0.05, 0) is 54.9 Å². The van der Waals surface area contributed by atoms with Gasteiger partial charge in [0.05, 0.1) is 11.8 Å². The lowest BCUT2D eigenvalue weighted by molar-refractivity contribution is 0.380. The van der Waals surface area contributed by atoms with Crippen LogP contribution in [0.5, 0.6) is 0 Å².